The minimum atomic E-state index is -0.339. The van der Waals surface area contributed by atoms with Gasteiger partial charge in [-0.1, -0.05) is 41.4 Å². The first-order valence-corrected chi connectivity index (χ1v) is 12.3. The Hall–Kier alpha value is -3.35. The van der Waals surface area contributed by atoms with Crippen molar-refractivity contribution in [1.82, 2.24) is 9.80 Å². The minimum absolute atomic E-state index is 0.0252. The molecule has 4 rings (SSSR count). The van der Waals surface area contributed by atoms with E-state index in [1.165, 1.54) is 17.7 Å². The lowest BCUT2D eigenvalue weighted by Gasteiger charge is -2.34. The number of amides is 1. The molecule has 1 saturated heterocycles. The molecule has 5 nitrogen and oxygen atoms in total. The number of hydrogen-bond acceptors (Lipinski definition) is 4. The number of benzene rings is 3. The molecule has 1 fully saturated rings. The molecule has 1 heterocycles. The zero-order chi connectivity index (χ0) is 25.5. The quantitative estimate of drug-likeness (QED) is 0.364. The second kappa shape index (κ2) is 12.1. The van der Waals surface area contributed by atoms with Crippen LogP contribution in [-0.4, -0.2) is 49.0 Å². The van der Waals surface area contributed by atoms with Crippen LogP contribution in [-0.2, 0) is 17.9 Å². The number of methoxy groups -OCH3 is 1. The Morgan fingerprint density at radius 2 is 1.75 bits per heavy atom. The Balaban J connectivity index is 1.32. The Kier molecular flexibility index (Phi) is 8.62. The molecule has 7 heteroatoms. The molecule has 0 atom stereocenters. The van der Waals surface area contributed by atoms with Crippen molar-refractivity contribution in [2.75, 3.05) is 33.3 Å². The number of hydrogen-bond donors (Lipinski definition) is 0. The summed E-state index contributed by atoms with van der Waals surface area (Å²) in [5.74, 6) is 1.17. The largest absolute Gasteiger partial charge is 0.496 e. The molecule has 1 amide bonds. The van der Waals surface area contributed by atoms with Crippen molar-refractivity contribution in [2.24, 2.45) is 0 Å². The molecular formula is C29H30ClFN2O3. The highest BCUT2D eigenvalue weighted by Gasteiger charge is 2.20. The van der Waals surface area contributed by atoms with Gasteiger partial charge >= 0.3 is 0 Å². The lowest BCUT2D eigenvalue weighted by molar-refractivity contribution is -0.127. The van der Waals surface area contributed by atoms with Gasteiger partial charge in [-0.3, -0.25) is 9.69 Å². The normalized spacial score (nSPS) is 14.3. The average Bonchev–Trinajstić information content (AvgIpc) is 2.89. The third kappa shape index (κ3) is 6.86. The first-order chi connectivity index (χ1) is 17.4. The SMILES string of the molecule is COc1ccc(/C=C/C(=O)N2CCN(Cc3ccc(F)cc3Cl)CC2)cc1COc1ccc(C)cc1. The lowest BCUT2D eigenvalue weighted by Crippen LogP contribution is -2.47. The topological polar surface area (TPSA) is 42.0 Å². The van der Waals surface area contributed by atoms with E-state index in [9.17, 15) is 9.18 Å². The summed E-state index contributed by atoms with van der Waals surface area (Å²) >= 11 is 6.16. The summed E-state index contributed by atoms with van der Waals surface area (Å²) in [4.78, 5) is 16.8. The van der Waals surface area contributed by atoms with Gasteiger partial charge in [0.25, 0.3) is 0 Å². The molecule has 36 heavy (non-hydrogen) atoms. The number of carbonyl (C=O) groups excluding carboxylic acids is 1. The van der Waals surface area contributed by atoms with Crippen LogP contribution in [0, 0.1) is 12.7 Å². The summed E-state index contributed by atoms with van der Waals surface area (Å²) < 4.78 is 24.7. The van der Waals surface area contributed by atoms with Crippen molar-refractivity contribution in [3.63, 3.8) is 0 Å². The number of halogens is 2. The van der Waals surface area contributed by atoms with E-state index in [0.29, 0.717) is 31.3 Å². The third-order valence-corrected chi connectivity index (χ3v) is 6.58. The van der Waals surface area contributed by atoms with E-state index in [1.807, 2.05) is 60.4 Å². The molecule has 0 saturated carbocycles. The molecule has 0 unspecified atom stereocenters. The molecule has 3 aromatic rings. The second-order valence-electron chi connectivity index (χ2n) is 8.84. The van der Waals surface area contributed by atoms with Crippen molar-refractivity contribution in [3.05, 3.63) is 99.8 Å². The van der Waals surface area contributed by atoms with E-state index in [-0.39, 0.29) is 11.7 Å². The van der Waals surface area contributed by atoms with Crippen molar-refractivity contribution in [1.29, 1.82) is 0 Å². The first-order valence-electron chi connectivity index (χ1n) is 11.9. The summed E-state index contributed by atoms with van der Waals surface area (Å²) in [7, 11) is 1.63. The first kappa shape index (κ1) is 25.7. The number of nitrogens with zero attached hydrogens (tertiary/aromatic N) is 2. The highest BCUT2D eigenvalue weighted by molar-refractivity contribution is 6.31. The van der Waals surface area contributed by atoms with Crippen molar-refractivity contribution in [2.45, 2.75) is 20.1 Å². The predicted octanol–water partition coefficient (Wildman–Crippen LogP) is 5.73. The molecular weight excluding hydrogens is 479 g/mol. The Morgan fingerprint density at radius 1 is 1.00 bits per heavy atom. The number of piperazine rings is 1. The monoisotopic (exact) mass is 508 g/mol. The zero-order valence-corrected chi connectivity index (χ0v) is 21.3. The van der Waals surface area contributed by atoms with Crippen LogP contribution in [0.1, 0.15) is 22.3 Å². The van der Waals surface area contributed by atoms with Crippen LogP contribution in [0.4, 0.5) is 4.39 Å². The van der Waals surface area contributed by atoms with E-state index in [0.717, 1.165) is 41.3 Å². The highest BCUT2D eigenvalue weighted by Crippen LogP contribution is 2.24. The molecule has 0 aromatic heterocycles. The second-order valence-corrected chi connectivity index (χ2v) is 9.25. The number of aryl methyl sites for hydroxylation is 1. The minimum Gasteiger partial charge on any atom is -0.496 e. The summed E-state index contributed by atoms with van der Waals surface area (Å²) in [6.07, 6.45) is 3.43. The predicted molar refractivity (Wildman–Crippen MR) is 141 cm³/mol. The van der Waals surface area contributed by atoms with Crippen molar-refractivity contribution in [3.8, 4) is 11.5 Å². The average molecular weight is 509 g/mol. The van der Waals surface area contributed by atoms with Gasteiger partial charge in [0.2, 0.25) is 5.91 Å². The number of carbonyl (C=O) groups is 1. The van der Waals surface area contributed by atoms with Crippen LogP contribution in [0.25, 0.3) is 6.08 Å². The Bertz CT molecular complexity index is 1220. The molecule has 0 spiro atoms. The molecule has 3 aromatic carbocycles. The Labute approximate surface area is 216 Å². The molecule has 0 radical (unpaired) electrons. The summed E-state index contributed by atoms with van der Waals surface area (Å²) in [6, 6.07) is 18.2. The van der Waals surface area contributed by atoms with Crippen LogP contribution in [0.2, 0.25) is 5.02 Å². The molecule has 0 aliphatic carbocycles. The van der Waals surface area contributed by atoms with Gasteiger partial charge in [-0.05, 0) is 60.5 Å². The highest BCUT2D eigenvalue weighted by atomic mass is 35.5. The smallest absolute Gasteiger partial charge is 0.246 e. The van der Waals surface area contributed by atoms with Crippen molar-refractivity contribution < 1.29 is 18.7 Å². The lowest BCUT2D eigenvalue weighted by atomic mass is 10.1. The molecule has 0 N–H and O–H groups in total. The fraction of sp³-hybridized carbons (Fsp3) is 0.276. The molecule has 0 bridgehead atoms. The fourth-order valence-electron chi connectivity index (χ4n) is 4.10. The van der Waals surface area contributed by atoms with Gasteiger partial charge in [-0.25, -0.2) is 4.39 Å². The molecule has 1 aliphatic heterocycles. The fourth-order valence-corrected chi connectivity index (χ4v) is 4.33. The summed E-state index contributed by atoms with van der Waals surface area (Å²) in [6.45, 7) is 5.75. The third-order valence-electron chi connectivity index (χ3n) is 6.23. The van der Waals surface area contributed by atoms with Crippen LogP contribution >= 0.6 is 11.6 Å². The van der Waals surface area contributed by atoms with Gasteiger partial charge in [-0.2, -0.15) is 0 Å². The van der Waals surface area contributed by atoms with Crippen LogP contribution in [0.5, 0.6) is 11.5 Å². The van der Waals surface area contributed by atoms with Gasteiger partial charge in [0, 0.05) is 49.4 Å². The van der Waals surface area contributed by atoms with E-state index in [2.05, 4.69) is 4.90 Å². The van der Waals surface area contributed by atoms with Gasteiger partial charge in [0.05, 0.1) is 7.11 Å². The maximum absolute atomic E-state index is 13.3. The Morgan fingerprint density at radius 3 is 2.44 bits per heavy atom. The van der Waals surface area contributed by atoms with Gasteiger partial charge in [0.1, 0.15) is 23.9 Å². The van der Waals surface area contributed by atoms with Gasteiger partial charge in [-0.15, -0.1) is 0 Å². The van der Waals surface area contributed by atoms with E-state index in [4.69, 9.17) is 21.1 Å². The van der Waals surface area contributed by atoms with Gasteiger partial charge in [0.15, 0.2) is 0 Å². The van der Waals surface area contributed by atoms with E-state index in [1.54, 1.807) is 19.3 Å². The maximum atomic E-state index is 13.3. The summed E-state index contributed by atoms with van der Waals surface area (Å²) in [5.41, 5.74) is 3.87. The van der Waals surface area contributed by atoms with Crippen LogP contribution in [0.15, 0.2) is 66.7 Å². The summed E-state index contributed by atoms with van der Waals surface area (Å²) in [5, 5.41) is 0.430. The number of rotatable bonds is 8. The van der Waals surface area contributed by atoms with Gasteiger partial charge < -0.3 is 14.4 Å². The van der Waals surface area contributed by atoms with Crippen LogP contribution < -0.4 is 9.47 Å². The zero-order valence-electron chi connectivity index (χ0n) is 20.5. The van der Waals surface area contributed by atoms with E-state index < -0.39 is 0 Å². The maximum Gasteiger partial charge on any atom is 0.246 e. The number of ether oxygens (including phenoxy) is 2. The van der Waals surface area contributed by atoms with Crippen LogP contribution in [0.3, 0.4) is 0 Å². The van der Waals surface area contributed by atoms with Crippen molar-refractivity contribution >= 4 is 23.6 Å². The molecule has 1 aliphatic rings. The van der Waals surface area contributed by atoms with E-state index >= 15 is 0 Å². The standard InChI is InChI=1S/C29H30ClFN2O3/c1-21-3-9-26(10-4-21)36-20-24-17-22(5-11-28(24)35-2)6-12-29(34)33-15-13-32(14-16-33)19-23-7-8-25(31)18-27(23)30/h3-12,17-18H,13-16,19-20H2,1-2H3/b12-6+. The molecule has 188 valence electrons.